The molecule has 0 aliphatic carbocycles. The normalized spacial score (nSPS) is 16.3. The number of hydrogen-bond acceptors (Lipinski definition) is 10. The molecule has 1 N–H and O–H groups in total. The number of nitrogens with one attached hydrogen (secondary N) is 1. The zero-order valence-electron chi connectivity index (χ0n) is 41.0. The van der Waals surface area contributed by atoms with Gasteiger partial charge >= 0.3 is 6.09 Å². The highest BCUT2D eigenvalue weighted by Gasteiger charge is 2.28. The van der Waals surface area contributed by atoms with Crippen molar-refractivity contribution in [2.75, 3.05) is 79.0 Å². The van der Waals surface area contributed by atoms with Crippen LogP contribution in [0.3, 0.4) is 0 Å². The molecule has 12 nitrogen and oxygen atoms in total. The van der Waals surface area contributed by atoms with Crippen LogP contribution in [0.25, 0.3) is 22.1 Å². The van der Waals surface area contributed by atoms with Gasteiger partial charge in [0.25, 0.3) is 0 Å². The average molecular weight is 909 g/mol. The van der Waals surface area contributed by atoms with E-state index in [-0.39, 0.29) is 28.6 Å². The lowest BCUT2D eigenvalue weighted by Crippen LogP contribution is -2.42. The van der Waals surface area contributed by atoms with Crippen LogP contribution in [0.1, 0.15) is 99.6 Å². The summed E-state index contributed by atoms with van der Waals surface area (Å²) < 4.78 is 36.2. The van der Waals surface area contributed by atoms with Gasteiger partial charge in [-0.15, -0.1) is 11.8 Å². The van der Waals surface area contributed by atoms with Gasteiger partial charge in [0.2, 0.25) is 0 Å². The molecule has 0 radical (unpaired) electrons. The zero-order valence-corrected chi connectivity index (χ0v) is 42.6. The van der Waals surface area contributed by atoms with E-state index in [9.17, 15) is 13.2 Å². The van der Waals surface area contributed by atoms with Crippen molar-refractivity contribution in [3.63, 3.8) is 0 Å². The number of ether oxygens (including phenoxy) is 1. The van der Waals surface area contributed by atoms with Crippen LogP contribution in [-0.4, -0.2) is 133 Å². The van der Waals surface area contributed by atoms with E-state index >= 15 is 0 Å². The molecule has 6 rings (SSSR count). The number of nitrogens with zero attached hydrogens (tertiary/aromatic N) is 7. The van der Waals surface area contributed by atoms with Crippen LogP contribution in [-0.2, 0) is 40.5 Å². The summed E-state index contributed by atoms with van der Waals surface area (Å²) in [6.07, 6.45) is 5.56. The number of thioether (sulfide) groups is 1. The summed E-state index contributed by atoms with van der Waals surface area (Å²) in [7, 11) is 5.07. The van der Waals surface area contributed by atoms with E-state index in [1.54, 1.807) is 12.1 Å². The number of amides is 1. The van der Waals surface area contributed by atoms with Crippen LogP contribution < -0.4 is 5.32 Å². The lowest BCUT2D eigenvalue weighted by Gasteiger charge is -2.33. The maximum Gasteiger partial charge on any atom is 0.410 e. The Labute approximate surface area is 384 Å². The second kappa shape index (κ2) is 21.4. The van der Waals surface area contributed by atoms with Crippen LogP contribution in [0.15, 0.2) is 46.2 Å². The quantitative estimate of drug-likeness (QED) is 0.123. The highest BCUT2D eigenvalue weighted by atomic mass is 32.2. The minimum atomic E-state index is -3.30. The third-order valence-corrected chi connectivity index (χ3v) is 14.6. The highest BCUT2D eigenvalue weighted by Crippen LogP contribution is 2.32. The number of carbonyl (C=O) groups excluding carboxylic acids is 1. The van der Waals surface area contributed by atoms with Crippen molar-refractivity contribution in [3.8, 4) is 0 Å². The second-order valence-electron chi connectivity index (χ2n) is 21.9. The fourth-order valence-corrected chi connectivity index (χ4v) is 11.0. The van der Waals surface area contributed by atoms with Gasteiger partial charge < -0.3 is 33.9 Å². The van der Waals surface area contributed by atoms with Crippen molar-refractivity contribution >= 4 is 49.8 Å². The van der Waals surface area contributed by atoms with E-state index in [4.69, 9.17) is 14.7 Å². The van der Waals surface area contributed by atoms with Crippen LogP contribution in [0.2, 0.25) is 0 Å². The lowest BCUT2D eigenvalue weighted by atomic mass is 9.92. The molecule has 0 bridgehead atoms. The molecule has 4 heterocycles. The monoisotopic (exact) mass is 909 g/mol. The molecule has 0 atom stereocenters. The fraction of sp³-hybridized carbons (Fsp3) is 0.694. The van der Waals surface area contributed by atoms with Crippen molar-refractivity contribution in [2.45, 2.75) is 129 Å². The molecule has 2 aliphatic heterocycles. The average Bonchev–Trinajstić information content (AvgIpc) is 3.68. The summed E-state index contributed by atoms with van der Waals surface area (Å²) in [5, 5.41) is 3.30. The summed E-state index contributed by atoms with van der Waals surface area (Å²) in [5.41, 5.74) is 4.01. The molecule has 1 amide bonds. The summed E-state index contributed by atoms with van der Waals surface area (Å²) in [4.78, 5) is 30.2. The molecule has 2 aromatic heterocycles. The first-order chi connectivity index (χ1) is 29.4. The molecule has 0 unspecified atom stereocenters. The van der Waals surface area contributed by atoms with Crippen LogP contribution >= 0.6 is 11.8 Å². The summed E-state index contributed by atoms with van der Waals surface area (Å²) in [5.74, 6) is 4.38. The van der Waals surface area contributed by atoms with Crippen molar-refractivity contribution in [1.82, 2.24) is 39.1 Å². The predicted molar refractivity (Wildman–Crippen MR) is 262 cm³/mol. The molecule has 0 spiro atoms. The number of fused-ring (bicyclic) bond motifs is 2. The Hall–Kier alpha value is -3.17. The molecule has 4 aromatic rings. The Morgan fingerprint density at radius 2 is 1.25 bits per heavy atom. The largest absolute Gasteiger partial charge is 0.444 e. The topological polar surface area (TPSA) is 118 Å². The standard InChI is InChI=1S/C27H44N4O2S.C22H36N4O2S/c1-26(2,3)18-24-28-22-17-21(9-10-23(22)31(24)16-15-29(7)8)34-19-20-11-13-30(14-12-20)25(32)33-27(4,5)6;1-22(2,3)15-21-24-19-14-18(6-7-20(19)26(21)13-12-25(4)5)29(27,28)16-17-8-10-23-11-9-17/h9-10,17,20H,11-16,18-19H2,1-8H3;6-7,14,17,23H,8-13,15-16H2,1-5H3. The van der Waals surface area contributed by atoms with Crippen molar-refractivity contribution < 1.29 is 17.9 Å². The Balaban J connectivity index is 0.000000240. The molecule has 352 valence electrons. The van der Waals surface area contributed by atoms with Gasteiger partial charge in [-0.3, -0.25) is 0 Å². The Morgan fingerprint density at radius 3 is 1.75 bits per heavy atom. The number of rotatable bonds is 14. The van der Waals surface area contributed by atoms with E-state index in [1.807, 2.05) is 43.5 Å². The molecule has 2 aliphatic rings. The number of piperidine rings is 2. The Bertz CT molecular complexity index is 2210. The van der Waals surface area contributed by atoms with Crippen molar-refractivity contribution in [1.29, 1.82) is 0 Å². The smallest absolute Gasteiger partial charge is 0.410 e. The molecule has 2 fully saturated rings. The van der Waals surface area contributed by atoms with Crippen molar-refractivity contribution in [2.24, 2.45) is 22.7 Å². The van der Waals surface area contributed by atoms with Gasteiger partial charge in [0.15, 0.2) is 9.84 Å². The summed E-state index contributed by atoms with van der Waals surface area (Å²) >= 11 is 1.92. The Kier molecular flexibility index (Phi) is 17.3. The molecular formula is C49H80N8O4S2. The van der Waals surface area contributed by atoms with E-state index in [0.29, 0.717) is 10.8 Å². The van der Waals surface area contributed by atoms with Gasteiger partial charge in [0, 0.05) is 62.8 Å². The van der Waals surface area contributed by atoms with E-state index < -0.39 is 15.4 Å². The van der Waals surface area contributed by atoms with Gasteiger partial charge in [0.1, 0.15) is 17.2 Å². The van der Waals surface area contributed by atoms with Gasteiger partial charge in [0.05, 0.1) is 32.7 Å². The Morgan fingerprint density at radius 1 is 0.746 bits per heavy atom. The van der Waals surface area contributed by atoms with Crippen molar-refractivity contribution in [3.05, 3.63) is 48.0 Å². The third-order valence-electron chi connectivity index (χ3n) is 11.5. The van der Waals surface area contributed by atoms with Crippen LogP contribution in [0.4, 0.5) is 4.79 Å². The van der Waals surface area contributed by atoms with Crippen LogP contribution in [0.5, 0.6) is 0 Å². The molecular weight excluding hydrogens is 829 g/mol. The lowest BCUT2D eigenvalue weighted by molar-refractivity contribution is 0.0191. The molecule has 0 saturated carbocycles. The zero-order chi connectivity index (χ0) is 46.3. The fourth-order valence-electron chi connectivity index (χ4n) is 8.20. The molecule has 14 heteroatoms. The predicted octanol–water partition coefficient (Wildman–Crippen LogP) is 8.89. The minimum Gasteiger partial charge on any atom is -0.444 e. The third kappa shape index (κ3) is 15.8. The van der Waals surface area contributed by atoms with Gasteiger partial charge in [-0.05, 0) is 147 Å². The number of carbonyl (C=O) groups is 1. The second-order valence-corrected chi connectivity index (χ2v) is 25.1. The maximum absolute atomic E-state index is 13.0. The first-order valence-electron chi connectivity index (χ1n) is 23.2. The van der Waals surface area contributed by atoms with E-state index in [2.05, 4.69) is 112 Å². The molecule has 2 saturated heterocycles. The number of sulfone groups is 1. The molecule has 63 heavy (non-hydrogen) atoms. The number of hydrogen-bond donors (Lipinski definition) is 1. The number of aromatic nitrogens is 4. The van der Waals surface area contributed by atoms with E-state index in [1.165, 1.54) is 16.2 Å². The van der Waals surface area contributed by atoms with Gasteiger partial charge in [-0.1, -0.05) is 41.5 Å². The molecule has 2 aromatic carbocycles. The first-order valence-corrected chi connectivity index (χ1v) is 25.8. The number of imidazole rings is 2. The number of likely N-dealkylation sites (N-methyl/N-ethyl adjacent to an activating group) is 2. The first kappa shape index (κ1) is 50.8. The SMILES string of the molecule is CN(C)CCn1c(CC(C)(C)C)nc2cc(S(=O)(=O)CC3CCNCC3)ccc21.CN(C)CCn1c(CC(C)(C)C)nc2cc(SCC3CCN(C(=O)OC(C)(C)C)CC3)ccc21. The summed E-state index contributed by atoms with van der Waals surface area (Å²) in [6, 6.07) is 12.3. The van der Waals surface area contributed by atoms with Gasteiger partial charge in [-0.25, -0.2) is 23.2 Å². The minimum absolute atomic E-state index is 0.112. The van der Waals surface area contributed by atoms with Gasteiger partial charge in [-0.2, -0.15) is 0 Å². The van der Waals surface area contributed by atoms with Crippen LogP contribution in [0, 0.1) is 22.7 Å². The number of benzene rings is 2. The maximum atomic E-state index is 13.0. The summed E-state index contributed by atoms with van der Waals surface area (Å²) in [6.45, 7) is 26.3. The number of likely N-dealkylation sites (tertiary alicyclic amines) is 1. The van der Waals surface area contributed by atoms with E-state index in [0.717, 1.165) is 119 Å². The highest BCUT2D eigenvalue weighted by molar-refractivity contribution is 7.99.